The second-order valence-corrected chi connectivity index (χ2v) is 6.85. The molecule has 1 aliphatic heterocycles. The lowest BCUT2D eigenvalue weighted by Gasteiger charge is -2.41. The predicted octanol–water partition coefficient (Wildman–Crippen LogP) is 4.45. The van der Waals surface area contributed by atoms with Crippen molar-refractivity contribution in [2.45, 2.75) is 57.5 Å². The zero-order chi connectivity index (χ0) is 14.7. The van der Waals surface area contributed by atoms with Gasteiger partial charge >= 0.3 is 0 Å². The number of halogens is 1. The molecule has 2 atom stereocenters. The number of benzene rings is 1. The van der Waals surface area contributed by atoms with Gasteiger partial charge in [-0.15, -0.1) is 0 Å². The molecule has 114 valence electrons. The Balaban J connectivity index is 1.75. The van der Waals surface area contributed by atoms with E-state index < -0.39 is 0 Å². The first-order chi connectivity index (χ1) is 10.3. The Kier molecular flexibility index (Phi) is 4.97. The molecular formula is C18H24ClNO. The maximum atomic E-state index is 12.3. The van der Waals surface area contributed by atoms with Gasteiger partial charge in [0, 0.05) is 29.9 Å². The van der Waals surface area contributed by atoms with E-state index >= 15 is 0 Å². The molecule has 0 spiro atoms. The van der Waals surface area contributed by atoms with Crippen LogP contribution in [-0.4, -0.2) is 23.3 Å². The van der Waals surface area contributed by atoms with Gasteiger partial charge in [-0.1, -0.05) is 42.6 Å². The molecule has 0 N–H and O–H groups in total. The van der Waals surface area contributed by atoms with Crippen molar-refractivity contribution in [1.82, 2.24) is 4.90 Å². The van der Waals surface area contributed by atoms with E-state index in [0.29, 0.717) is 11.8 Å². The summed E-state index contributed by atoms with van der Waals surface area (Å²) in [6.45, 7) is 1.98. The van der Waals surface area contributed by atoms with Crippen molar-refractivity contribution in [3.63, 3.8) is 0 Å². The van der Waals surface area contributed by atoms with Crippen LogP contribution in [0, 0.1) is 5.92 Å². The monoisotopic (exact) mass is 305 g/mol. The van der Waals surface area contributed by atoms with Gasteiger partial charge < -0.3 is 0 Å². The number of hydrogen-bond donors (Lipinski definition) is 0. The third kappa shape index (κ3) is 3.49. The summed E-state index contributed by atoms with van der Waals surface area (Å²) in [5.41, 5.74) is 1.19. The minimum absolute atomic E-state index is 0.265. The Morgan fingerprint density at radius 1 is 1.10 bits per heavy atom. The van der Waals surface area contributed by atoms with Crippen molar-refractivity contribution < 1.29 is 4.79 Å². The molecule has 1 saturated heterocycles. The molecule has 1 saturated carbocycles. The van der Waals surface area contributed by atoms with Crippen LogP contribution in [0.3, 0.4) is 0 Å². The molecule has 1 aromatic carbocycles. The van der Waals surface area contributed by atoms with Crippen LogP contribution in [0.25, 0.3) is 0 Å². The fourth-order valence-corrected chi connectivity index (χ4v) is 4.13. The number of carbonyl (C=O) groups excluding carboxylic acids is 1. The molecule has 0 aromatic heterocycles. The third-order valence-corrected chi connectivity index (χ3v) is 5.43. The molecule has 2 aliphatic rings. The number of likely N-dealkylation sites (tertiary alicyclic amines) is 1. The van der Waals surface area contributed by atoms with E-state index in [-0.39, 0.29) is 5.92 Å². The minimum atomic E-state index is 0.265. The summed E-state index contributed by atoms with van der Waals surface area (Å²) in [7, 11) is 0. The first-order valence-corrected chi connectivity index (χ1v) is 8.63. The summed E-state index contributed by atoms with van der Waals surface area (Å²) in [5, 5.41) is 0.844. The smallest absolute Gasteiger partial charge is 0.137 e. The summed E-state index contributed by atoms with van der Waals surface area (Å²) in [6.07, 6.45) is 7.85. The van der Waals surface area contributed by atoms with Gasteiger partial charge in [0.25, 0.3) is 0 Å². The van der Waals surface area contributed by atoms with Gasteiger partial charge in [-0.05, 0) is 43.9 Å². The number of hydrogen-bond acceptors (Lipinski definition) is 2. The normalized spacial score (nSPS) is 27.8. The highest BCUT2D eigenvalue weighted by molar-refractivity contribution is 6.31. The molecular weight excluding hydrogens is 282 g/mol. The van der Waals surface area contributed by atoms with Gasteiger partial charge in [-0.2, -0.15) is 0 Å². The summed E-state index contributed by atoms with van der Waals surface area (Å²) in [4.78, 5) is 14.8. The lowest BCUT2D eigenvalue weighted by molar-refractivity contribution is -0.127. The first-order valence-electron chi connectivity index (χ1n) is 8.26. The van der Waals surface area contributed by atoms with Crippen LogP contribution in [0.4, 0.5) is 0 Å². The Labute approximate surface area is 132 Å². The van der Waals surface area contributed by atoms with Gasteiger partial charge in [0.15, 0.2) is 0 Å². The maximum absolute atomic E-state index is 12.3. The Morgan fingerprint density at radius 3 is 2.71 bits per heavy atom. The van der Waals surface area contributed by atoms with Crippen molar-refractivity contribution in [1.29, 1.82) is 0 Å². The van der Waals surface area contributed by atoms with E-state index in [1.807, 2.05) is 18.2 Å². The molecule has 1 heterocycles. The number of piperidine rings is 1. The summed E-state index contributed by atoms with van der Waals surface area (Å²) >= 11 is 6.31. The summed E-state index contributed by atoms with van der Waals surface area (Å²) in [6, 6.07) is 8.52. The van der Waals surface area contributed by atoms with Gasteiger partial charge in [0.2, 0.25) is 0 Å². The highest BCUT2D eigenvalue weighted by Crippen LogP contribution is 2.33. The van der Waals surface area contributed by atoms with Crippen LogP contribution in [0.5, 0.6) is 0 Å². The quantitative estimate of drug-likeness (QED) is 0.822. The molecule has 1 aromatic rings. The molecule has 3 heteroatoms. The highest BCUT2D eigenvalue weighted by Gasteiger charge is 2.35. The van der Waals surface area contributed by atoms with Crippen LogP contribution in [0.2, 0.25) is 5.02 Å². The van der Waals surface area contributed by atoms with E-state index in [9.17, 15) is 4.79 Å². The minimum Gasteiger partial charge on any atom is -0.299 e. The zero-order valence-electron chi connectivity index (χ0n) is 12.6. The average Bonchev–Trinajstić information content (AvgIpc) is 2.51. The molecule has 3 rings (SSSR count). The fraction of sp³-hybridized carbons (Fsp3) is 0.611. The van der Waals surface area contributed by atoms with Crippen molar-refractivity contribution in [2.24, 2.45) is 5.92 Å². The van der Waals surface area contributed by atoms with Crippen molar-refractivity contribution >= 4 is 17.4 Å². The zero-order valence-corrected chi connectivity index (χ0v) is 13.3. The highest BCUT2D eigenvalue weighted by atomic mass is 35.5. The van der Waals surface area contributed by atoms with Crippen LogP contribution in [-0.2, 0) is 11.3 Å². The van der Waals surface area contributed by atoms with E-state index in [1.54, 1.807) is 0 Å². The second kappa shape index (κ2) is 6.93. The van der Waals surface area contributed by atoms with Crippen molar-refractivity contribution in [3.05, 3.63) is 34.9 Å². The maximum Gasteiger partial charge on any atom is 0.137 e. The lowest BCUT2D eigenvalue weighted by Crippen LogP contribution is -2.47. The van der Waals surface area contributed by atoms with E-state index in [4.69, 9.17) is 11.6 Å². The van der Waals surface area contributed by atoms with Gasteiger partial charge in [-0.25, -0.2) is 0 Å². The van der Waals surface area contributed by atoms with Crippen molar-refractivity contribution in [3.8, 4) is 0 Å². The topological polar surface area (TPSA) is 20.3 Å². The number of Topliss-reactive ketones (excluding diaryl/α,β-unsaturated/α-hetero) is 1. The SMILES string of the molecule is O=C1CCCCC1C1CCCCN1Cc1ccccc1Cl. The van der Waals surface area contributed by atoms with E-state index in [1.165, 1.54) is 31.2 Å². The van der Waals surface area contributed by atoms with Crippen LogP contribution in [0.1, 0.15) is 50.5 Å². The number of ketones is 1. The Bertz CT molecular complexity index is 502. The number of nitrogens with zero attached hydrogens (tertiary/aromatic N) is 1. The average molecular weight is 306 g/mol. The molecule has 2 nitrogen and oxygen atoms in total. The largest absolute Gasteiger partial charge is 0.299 e. The second-order valence-electron chi connectivity index (χ2n) is 6.44. The molecule has 0 bridgehead atoms. The number of rotatable bonds is 3. The van der Waals surface area contributed by atoms with Crippen molar-refractivity contribution in [2.75, 3.05) is 6.54 Å². The summed E-state index contributed by atoms with van der Waals surface area (Å²) < 4.78 is 0. The van der Waals surface area contributed by atoms with Crippen LogP contribution >= 0.6 is 11.6 Å². The molecule has 0 radical (unpaired) electrons. The third-order valence-electron chi connectivity index (χ3n) is 5.06. The molecule has 2 unspecified atom stereocenters. The first kappa shape index (κ1) is 15.1. The number of carbonyl (C=O) groups is 1. The Morgan fingerprint density at radius 2 is 1.90 bits per heavy atom. The molecule has 1 aliphatic carbocycles. The molecule has 2 fully saturated rings. The van der Waals surface area contributed by atoms with Crippen LogP contribution < -0.4 is 0 Å². The van der Waals surface area contributed by atoms with Gasteiger partial charge in [0.1, 0.15) is 5.78 Å². The predicted molar refractivity (Wildman–Crippen MR) is 86.5 cm³/mol. The van der Waals surface area contributed by atoms with Gasteiger partial charge in [0.05, 0.1) is 0 Å². The standard InChI is InChI=1S/C18H24ClNO/c19-16-9-3-1-7-14(16)13-20-12-6-5-10-17(20)15-8-2-4-11-18(15)21/h1,3,7,9,15,17H,2,4-6,8,10-13H2. The van der Waals surface area contributed by atoms with E-state index in [0.717, 1.165) is 37.4 Å². The fourth-order valence-electron chi connectivity index (χ4n) is 3.93. The van der Waals surface area contributed by atoms with Gasteiger partial charge in [-0.3, -0.25) is 9.69 Å². The molecule has 21 heavy (non-hydrogen) atoms. The molecule has 0 amide bonds. The summed E-state index contributed by atoms with van der Waals surface area (Å²) in [5.74, 6) is 0.763. The lowest BCUT2D eigenvalue weighted by atomic mass is 9.79. The Hall–Kier alpha value is -0.860. The van der Waals surface area contributed by atoms with Crippen LogP contribution in [0.15, 0.2) is 24.3 Å². The van der Waals surface area contributed by atoms with E-state index in [2.05, 4.69) is 11.0 Å².